The molecule has 6 atom stereocenters. The van der Waals surface area contributed by atoms with Gasteiger partial charge in [0.1, 0.15) is 6.17 Å². The van der Waals surface area contributed by atoms with Crippen molar-refractivity contribution < 1.29 is 15.3 Å². The summed E-state index contributed by atoms with van der Waals surface area (Å²) in [5, 5.41) is 7.73. The molecule has 5 nitrogen and oxygen atoms in total. The minimum Gasteiger partial charge on any atom is -0.412 e. The van der Waals surface area contributed by atoms with Crippen molar-refractivity contribution in [2.45, 2.75) is 82.4 Å². The number of fused-ring (bicyclic) bond motifs is 1. The van der Waals surface area contributed by atoms with Gasteiger partial charge in [-0.15, -0.1) is 11.6 Å². The Balaban J connectivity index is 0.00000181. The Labute approximate surface area is 198 Å². The zero-order valence-corrected chi connectivity index (χ0v) is 20.6. The van der Waals surface area contributed by atoms with Crippen molar-refractivity contribution in [3.8, 4) is 0 Å². The first-order valence-electron chi connectivity index (χ1n) is 12.4. The molecule has 0 radical (unpaired) electrons. The summed E-state index contributed by atoms with van der Waals surface area (Å²) in [6, 6.07) is 0.959. The van der Waals surface area contributed by atoms with E-state index < -0.39 is 6.17 Å². The summed E-state index contributed by atoms with van der Waals surface area (Å²) in [7, 11) is 0. The molecule has 7 heteroatoms. The highest BCUT2D eigenvalue weighted by Gasteiger charge is 2.34. The van der Waals surface area contributed by atoms with Gasteiger partial charge in [-0.05, 0) is 75.8 Å². The molecule has 1 saturated carbocycles. The number of hydrogen-bond donors (Lipinski definition) is 2. The Hall–Kier alpha value is -0.660. The van der Waals surface area contributed by atoms with Crippen LogP contribution in [-0.4, -0.2) is 65.7 Å². The van der Waals surface area contributed by atoms with Crippen molar-refractivity contribution in [1.29, 1.82) is 0 Å². The minimum atomic E-state index is -0.608. The zero-order valence-electron chi connectivity index (χ0n) is 19.8. The highest BCUT2D eigenvalue weighted by atomic mass is 35.5. The van der Waals surface area contributed by atoms with Crippen molar-refractivity contribution in [1.82, 2.24) is 15.5 Å². The number of alkyl halides is 2. The van der Waals surface area contributed by atoms with Crippen LogP contribution in [0.15, 0.2) is 23.9 Å². The maximum atomic E-state index is 13.7. The molecule has 2 fully saturated rings. The molecule has 0 aromatic rings. The van der Waals surface area contributed by atoms with Crippen molar-refractivity contribution in [2.24, 2.45) is 23.7 Å². The molecular weight excluding hydrogens is 429 g/mol. The lowest BCUT2D eigenvalue weighted by Crippen LogP contribution is -2.48. The van der Waals surface area contributed by atoms with E-state index in [4.69, 9.17) is 11.6 Å². The van der Waals surface area contributed by atoms with E-state index in [2.05, 4.69) is 47.6 Å². The molecule has 0 spiro atoms. The van der Waals surface area contributed by atoms with Crippen molar-refractivity contribution in [2.75, 3.05) is 26.2 Å². The van der Waals surface area contributed by atoms with Crippen LogP contribution in [0.4, 0.5) is 4.39 Å². The van der Waals surface area contributed by atoms with E-state index in [-0.39, 0.29) is 16.3 Å². The third-order valence-corrected chi connectivity index (χ3v) is 8.38. The van der Waals surface area contributed by atoms with Crippen LogP contribution in [0.1, 0.15) is 58.8 Å². The van der Waals surface area contributed by atoms with E-state index in [0.717, 1.165) is 44.2 Å². The molecule has 4 rings (SSSR count). The summed E-state index contributed by atoms with van der Waals surface area (Å²) in [5.74, 6) is 2.57. The fourth-order valence-corrected chi connectivity index (χ4v) is 6.17. The fourth-order valence-electron chi connectivity index (χ4n) is 5.96. The largest absolute Gasteiger partial charge is 0.412 e. The predicted octanol–water partition coefficient (Wildman–Crippen LogP) is 3.23. The highest BCUT2D eigenvalue weighted by molar-refractivity contribution is 6.21. The Morgan fingerprint density at radius 3 is 2.47 bits per heavy atom. The molecule has 32 heavy (non-hydrogen) atoms. The second-order valence-corrected chi connectivity index (χ2v) is 11.1. The maximum Gasteiger partial charge on any atom is 0.101 e. The Morgan fingerprint density at radius 2 is 1.81 bits per heavy atom. The van der Waals surface area contributed by atoms with Crippen LogP contribution in [0.3, 0.4) is 0 Å². The van der Waals surface area contributed by atoms with E-state index in [9.17, 15) is 4.39 Å². The normalized spacial score (nSPS) is 34.2. The van der Waals surface area contributed by atoms with Gasteiger partial charge in [0.25, 0.3) is 0 Å². The number of rotatable bonds is 7. The maximum absolute atomic E-state index is 13.7. The molecule has 4 aliphatic rings. The molecule has 5 unspecified atom stereocenters. The average molecular weight is 474 g/mol. The number of allylic oxidation sites excluding steroid dienone is 2. The summed E-state index contributed by atoms with van der Waals surface area (Å²) < 4.78 is 13.7. The number of nitrogens with zero attached hydrogens (tertiary/aromatic N) is 1. The van der Waals surface area contributed by atoms with Crippen LogP contribution in [0.5, 0.6) is 0 Å². The summed E-state index contributed by atoms with van der Waals surface area (Å²) in [6.07, 6.45) is 13.7. The van der Waals surface area contributed by atoms with E-state index >= 15 is 0 Å². The Bertz CT molecular complexity index is 624. The number of halogens is 2. The number of piperidine rings is 1. The molecule has 2 aliphatic heterocycles. The second-order valence-electron chi connectivity index (χ2n) is 10.5. The van der Waals surface area contributed by atoms with E-state index in [1.807, 2.05) is 0 Å². The van der Waals surface area contributed by atoms with E-state index in [0.29, 0.717) is 30.3 Å². The Morgan fingerprint density at radius 1 is 1.06 bits per heavy atom. The third kappa shape index (κ3) is 7.17. The minimum absolute atomic E-state index is 0. The summed E-state index contributed by atoms with van der Waals surface area (Å²) in [6.45, 7) is 9.09. The van der Waals surface area contributed by atoms with Crippen LogP contribution in [-0.2, 0) is 0 Å². The van der Waals surface area contributed by atoms with Crippen LogP contribution >= 0.6 is 11.6 Å². The van der Waals surface area contributed by atoms with Gasteiger partial charge in [-0.1, -0.05) is 32.1 Å². The summed E-state index contributed by atoms with van der Waals surface area (Å²) >= 11 is 6.22. The van der Waals surface area contributed by atoms with Crippen molar-refractivity contribution in [3.05, 3.63) is 23.9 Å². The number of nitrogens with one attached hydrogen (secondary N) is 2. The molecule has 0 aromatic carbocycles. The molecule has 6 N–H and O–H groups in total. The second kappa shape index (κ2) is 12.7. The van der Waals surface area contributed by atoms with Crippen molar-refractivity contribution in [3.63, 3.8) is 0 Å². The van der Waals surface area contributed by atoms with Gasteiger partial charge in [0, 0.05) is 36.8 Å². The number of likely N-dealkylation sites (tertiary alicyclic amines) is 1. The zero-order chi connectivity index (χ0) is 21.1. The topological polar surface area (TPSA) is 90.3 Å². The van der Waals surface area contributed by atoms with E-state index in [1.165, 1.54) is 38.0 Å². The number of hydrogen-bond acceptors (Lipinski definition) is 3. The molecule has 0 aromatic heterocycles. The lowest BCUT2D eigenvalue weighted by atomic mass is 9.79. The van der Waals surface area contributed by atoms with Gasteiger partial charge in [0.05, 0.1) is 5.38 Å². The van der Waals surface area contributed by atoms with Gasteiger partial charge in [0.2, 0.25) is 0 Å². The first-order valence-corrected chi connectivity index (χ1v) is 12.8. The summed E-state index contributed by atoms with van der Waals surface area (Å²) in [5.41, 5.74) is 1.28. The van der Waals surface area contributed by atoms with E-state index in [1.54, 1.807) is 0 Å². The molecule has 0 amide bonds. The highest BCUT2D eigenvalue weighted by Crippen LogP contribution is 2.34. The van der Waals surface area contributed by atoms with Crippen LogP contribution in [0, 0.1) is 23.7 Å². The summed E-state index contributed by atoms with van der Waals surface area (Å²) in [4.78, 5) is 2.66. The van der Waals surface area contributed by atoms with Crippen molar-refractivity contribution >= 4 is 11.6 Å². The Kier molecular flexibility index (Phi) is 11.0. The first-order chi connectivity index (χ1) is 14.5. The monoisotopic (exact) mass is 473 g/mol. The standard InChI is InChI=1S/C25H41ClFN3.2H2O/c1-17(2)25(28-15-23-14-20-13-22(27)7-8-24(20)29-23)16-30-11-9-19(10-12-30)18-3-5-21(26)6-4-18;;/h3,5,14,17-22,24-25,28-29H,4,6-13,15-16H2,1-2H3;2*1H2/t18?,20?,21?,22?,24?,25-;;/m0../s1. The molecule has 2 heterocycles. The first kappa shape index (κ1) is 27.6. The lowest BCUT2D eigenvalue weighted by Gasteiger charge is -2.38. The molecular formula is C25H45ClFN3O2. The predicted molar refractivity (Wildman–Crippen MR) is 132 cm³/mol. The molecule has 1 saturated heterocycles. The van der Waals surface area contributed by atoms with Gasteiger partial charge in [-0.2, -0.15) is 0 Å². The van der Waals surface area contributed by atoms with Gasteiger partial charge in [-0.3, -0.25) is 0 Å². The van der Waals surface area contributed by atoms with Gasteiger partial charge in [-0.25, -0.2) is 4.39 Å². The smallest absolute Gasteiger partial charge is 0.101 e. The molecule has 0 bridgehead atoms. The van der Waals surface area contributed by atoms with Crippen LogP contribution < -0.4 is 10.6 Å². The van der Waals surface area contributed by atoms with Gasteiger partial charge >= 0.3 is 0 Å². The third-order valence-electron chi connectivity index (χ3n) is 8.02. The lowest BCUT2D eigenvalue weighted by molar-refractivity contribution is 0.135. The quantitative estimate of drug-likeness (QED) is 0.439. The molecule has 2 aliphatic carbocycles. The molecule has 186 valence electrons. The van der Waals surface area contributed by atoms with Crippen LogP contribution in [0.25, 0.3) is 0 Å². The average Bonchev–Trinajstić information content (AvgIpc) is 3.14. The van der Waals surface area contributed by atoms with Crippen LogP contribution in [0.2, 0.25) is 0 Å². The van der Waals surface area contributed by atoms with Gasteiger partial charge < -0.3 is 26.5 Å². The van der Waals surface area contributed by atoms with Gasteiger partial charge in [0.15, 0.2) is 0 Å². The fraction of sp³-hybridized carbons (Fsp3) is 0.840. The SMILES string of the molecule is CC(C)[C@H](CN1CCC(C2C=CC(Cl)CC2)CC1)NCC1=CC2CC(F)CCC2N1.O.O.